The standard InChI is InChI=1S/C15H10ClNO2/c16-11-7-3-1-5-9(11)14(18)13-10-6-2-4-8-12(10)19-15(13)17/h1-8H,17H2. The maximum absolute atomic E-state index is 12.5. The molecule has 0 saturated heterocycles. The van der Waals surface area contributed by atoms with Crippen LogP contribution in [-0.2, 0) is 0 Å². The second-order valence-corrected chi connectivity index (χ2v) is 4.55. The summed E-state index contributed by atoms with van der Waals surface area (Å²) in [6, 6.07) is 14.1. The molecule has 3 nitrogen and oxygen atoms in total. The highest BCUT2D eigenvalue weighted by Gasteiger charge is 2.21. The van der Waals surface area contributed by atoms with Crippen LogP contribution in [0.3, 0.4) is 0 Å². The third-order valence-electron chi connectivity index (χ3n) is 2.97. The highest BCUT2D eigenvalue weighted by atomic mass is 35.5. The number of halogens is 1. The van der Waals surface area contributed by atoms with E-state index in [4.69, 9.17) is 21.8 Å². The van der Waals surface area contributed by atoms with E-state index in [9.17, 15) is 4.79 Å². The minimum Gasteiger partial charge on any atom is -0.440 e. The van der Waals surface area contributed by atoms with Gasteiger partial charge in [-0.3, -0.25) is 4.79 Å². The molecule has 0 aliphatic rings. The summed E-state index contributed by atoms with van der Waals surface area (Å²) < 4.78 is 5.40. The number of para-hydroxylation sites is 1. The minimum atomic E-state index is -0.229. The fourth-order valence-corrected chi connectivity index (χ4v) is 2.30. The van der Waals surface area contributed by atoms with Gasteiger partial charge in [0.1, 0.15) is 5.58 Å². The third-order valence-corrected chi connectivity index (χ3v) is 3.30. The highest BCUT2D eigenvalue weighted by molar-refractivity contribution is 6.35. The topological polar surface area (TPSA) is 56.2 Å². The van der Waals surface area contributed by atoms with Gasteiger partial charge >= 0.3 is 0 Å². The van der Waals surface area contributed by atoms with Gasteiger partial charge in [0.05, 0.1) is 10.6 Å². The molecule has 0 radical (unpaired) electrons. The Morgan fingerprint density at radius 1 is 1.05 bits per heavy atom. The fourth-order valence-electron chi connectivity index (χ4n) is 2.08. The lowest BCUT2D eigenvalue weighted by atomic mass is 10.0. The summed E-state index contributed by atoms with van der Waals surface area (Å²) in [6.45, 7) is 0. The molecular weight excluding hydrogens is 262 g/mol. The molecule has 94 valence electrons. The van der Waals surface area contributed by atoms with Crippen LogP contribution in [0.4, 0.5) is 5.88 Å². The van der Waals surface area contributed by atoms with Crippen LogP contribution in [0.5, 0.6) is 0 Å². The molecule has 0 bridgehead atoms. The Balaban J connectivity index is 2.23. The molecule has 0 aliphatic carbocycles. The quantitative estimate of drug-likeness (QED) is 0.719. The Kier molecular flexibility index (Phi) is 2.76. The van der Waals surface area contributed by atoms with Gasteiger partial charge in [-0.25, -0.2) is 0 Å². The predicted octanol–water partition coefficient (Wildman–Crippen LogP) is 3.90. The van der Waals surface area contributed by atoms with E-state index in [0.717, 1.165) is 0 Å². The first-order valence-corrected chi connectivity index (χ1v) is 6.12. The summed E-state index contributed by atoms with van der Waals surface area (Å²) in [6.07, 6.45) is 0. The van der Waals surface area contributed by atoms with E-state index in [1.807, 2.05) is 12.1 Å². The van der Waals surface area contributed by atoms with Crippen molar-refractivity contribution in [2.45, 2.75) is 0 Å². The summed E-state index contributed by atoms with van der Waals surface area (Å²) in [4.78, 5) is 12.5. The number of hydrogen-bond acceptors (Lipinski definition) is 3. The summed E-state index contributed by atoms with van der Waals surface area (Å²) in [5.74, 6) is -0.112. The van der Waals surface area contributed by atoms with Crippen LogP contribution < -0.4 is 5.73 Å². The van der Waals surface area contributed by atoms with Gasteiger partial charge in [-0.15, -0.1) is 0 Å². The van der Waals surface area contributed by atoms with E-state index in [-0.39, 0.29) is 11.7 Å². The SMILES string of the molecule is Nc1oc2ccccc2c1C(=O)c1ccccc1Cl. The van der Waals surface area contributed by atoms with Crippen molar-refractivity contribution in [1.82, 2.24) is 0 Å². The van der Waals surface area contributed by atoms with Crippen molar-refractivity contribution in [3.63, 3.8) is 0 Å². The zero-order chi connectivity index (χ0) is 13.4. The lowest BCUT2D eigenvalue weighted by Crippen LogP contribution is -2.04. The Morgan fingerprint density at radius 3 is 2.53 bits per heavy atom. The first kappa shape index (κ1) is 11.8. The van der Waals surface area contributed by atoms with Crippen molar-refractivity contribution in [3.05, 3.63) is 64.7 Å². The number of fused-ring (bicyclic) bond motifs is 1. The van der Waals surface area contributed by atoms with E-state index in [0.29, 0.717) is 27.1 Å². The van der Waals surface area contributed by atoms with Crippen molar-refractivity contribution >= 4 is 34.2 Å². The van der Waals surface area contributed by atoms with Gasteiger partial charge < -0.3 is 10.2 Å². The lowest BCUT2D eigenvalue weighted by molar-refractivity contribution is 0.104. The Morgan fingerprint density at radius 2 is 1.74 bits per heavy atom. The molecule has 0 aliphatic heterocycles. The maximum Gasteiger partial charge on any atom is 0.202 e. The van der Waals surface area contributed by atoms with E-state index < -0.39 is 0 Å². The summed E-state index contributed by atoms with van der Waals surface area (Å²) >= 11 is 6.05. The highest BCUT2D eigenvalue weighted by Crippen LogP contribution is 2.31. The van der Waals surface area contributed by atoms with Gasteiger partial charge in [0.15, 0.2) is 0 Å². The smallest absolute Gasteiger partial charge is 0.202 e. The van der Waals surface area contributed by atoms with Crippen LogP contribution in [0.1, 0.15) is 15.9 Å². The molecule has 19 heavy (non-hydrogen) atoms. The van der Waals surface area contributed by atoms with Crippen molar-refractivity contribution in [2.24, 2.45) is 0 Å². The Labute approximate surface area is 114 Å². The number of anilines is 1. The summed E-state index contributed by atoms with van der Waals surface area (Å²) in [5.41, 5.74) is 7.19. The van der Waals surface area contributed by atoms with E-state index in [1.54, 1.807) is 36.4 Å². The van der Waals surface area contributed by atoms with E-state index in [1.165, 1.54) is 0 Å². The number of rotatable bonds is 2. The molecule has 0 fully saturated rings. The largest absolute Gasteiger partial charge is 0.440 e. The number of nitrogens with two attached hydrogens (primary N) is 1. The molecule has 0 atom stereocenters. The summed E-state index contributed by atoms with van der Waals surface area (Å²) in [5, 5.41) is 1.10. The van der Waals surface area contributed by atoms with Gasteiger partial charge in [-0.2, -0.15) is 0 Å². The van der Waals surface area contributed by atoms with Crippen molar-refractivity contribution in [1.29, 1.82) is 0 Å². The molecule has 3 rings (SSSR count). The molecule has 1 heterocycles. The van der Waals surface area contributed by atoms with Crippen LogP contribution in [0.2, 0.25) is 5.02 Å². The molecule has 0 spiro atoms. The second kappa shape index (κ2) is 4.44. The molecule has 0 unspecified atom stereocenters. The molecular formula is C15H10ClNO2. The van der Waals surface area contributed by atoms with Crippen LogP contribution in [0.15, 0.2) is 52.9 Å². The van der Waals surface area contributed by atoms with Crippen LogP contribution in [0, 0.1) is 0 Å². The number of carbonyl (C=O) groups is 1. The lowest BCUT2D eigenvalue weighted by Gasteiger charge is -2.02. The van der Waals surface area contributed by atoms with E-state index >= 15 is 0 Å². The molecule has 0 saturated carbocycles. The minimum absolute atomic E-state index is 0.117. The maximum atomic E-state index is 12.5. The van der Waals surface area contributed by atoms with Gasteiger partial charge in [0.2, 0.25) is 11.7 Å². The molecule has 4 heteroatoms. The number of carbonyl (C=O) groups excluding carboxylic acids is 1. The average molecular weight is 272 g/mol. The number of nitrogen functional groups attached to an aromatic ring is 1. The van der Waals surface area contributed by atoms with Crippen molar-refractivity contribution < 1.29 is 9.21 Å². The molecule has 2 aromatic carbocycles. The number of benzene rings is 2. The normalized spacial score (nSPS) is 10.8. The van der Waals surface area contributed by atoms with Crippen LogP contribution in [0.25, 0.3) is 11.0 Å². The van der Waals surface area contributed by atoms with Gasteiger partial charge in [0, 0.05) is 10.9 Å². The van der Waals surface area contributed by atoms with Gasteiger partial charge in [0.25, 0.3) is 0 Å². The zero-order valence-electron chi connectivity index (χ0n) is 9.89. The van der Waals surface area contributed by atoms with Gasteiger partial charge in [-0.05, 0) is 18.2 Å². The average Bonchev–Trinajstić information content (AvgIpc) is 2.74. The van der Waals surface area contributed by atoms with Crippen LogP contribution >= 0.6 is 11.6 Å². The Bertz CT molecular complexity index is 777. The molecule has 2 N–H and O–H groups in total. The number of furan rings is 1. The Hall–Kier alpha value is -2.26. The molecule has 1 aromatic heterocycles. The monoisotopic (exact) mass is 271 g/mol. The fraction of sp³-hybridized carbons (Fsp3) is 0. The predicted molar refractivity (Wildman–Crippen MR) is 75.5 cm³/mol. The third kappa shape index (κ3) is 1.88. The first-order valence-electron chi connectivity index (χ1n) is 5.74. The zero-order valence-corrected chi connectivity index (χ0v) is 10.6. The first-order chi connectivity index (χ1) is 9.18. The number of ketones is 1. The van der Waals surface area contributed by atoms with Crippen molar-refractivity contribution in [3.8, 4) is 0 Å². The van der Waals surface area contributed by atoms with Gasteiger partial charge in [-0.1, -0.05) is 41.9 Å². The molecule has 0 amide bonds. The number of hydrogen-bond donors (Lipinski definition) is 1. The summed E-state index contributed by atoms with van der Waals surface area (Å²) in [7, 11) is 0. The van der Waals surface area contributed by atoms with Crippen molar-refractivity contribution in [2.75, 3.05) is 5.73 Å². The van der Waals surface area contributed by atoms with Crippen LogP contribution in [-0.4, -0.2) is 5.78 Å². The second-order valence-electron chi connectivity index (χ2n) is 4.15. The molecule has 3 aromatic rings. The van der Waals surface area contributed by atoms with E-state index in [2.05, 4.69) is 0 Å².